The third-order valence-corrected chi connectivity index (χ3v) is 6.05. The molecule has 0 unspecified atom stereocenters. The molecule has 0 aliphatic heterocycles. The highest BCUT2D eigenvalue weighted by atomic mass is 19.4. The normalized spacial score (nSPS) is 19.1. The molecular formula is C23H22F3N3O3. The van der Waals surface area contributed by atoms with Crippen LogP contribution in [0.15, 0.2) is 41.2 Å². The molecule has 0 saturated heterocycles. The largest absolute Gasteiger partial charge is 0.495 e. The van der Waals surface area contributed by atoms with Crippen molar-refractivity contribution in [2.75, 3.05) is 7.11 Å². The van der Waals surface area contributed by atoms with Crippen molar-refractivity contribution in [3.63, 3.8) is 0 Å². The minimum atomic E-state index is -4.54. The fourth-order valence-electron chi connectivity index (χ4n) is 4.40. The molecule has 1 fully saturated rings. The van der Waals surface area contributed by atoms with Gasteiger partial charge in [-0.15, -0.1) is 0 Å². The summed E-state index contributed by atoms with van der Waals surface area (Å²) in [6, 6.07) is 10.0. The number of aliphatic hydroxyl groups excluding tert-OH is 1. The number of aromatic nitrogens is 2. The number of alkyl halides is 3. The van der Waals surface area contributed by atoms with Crippen LogP contribution in [0.2, 0.25) is 0 Å². The number of ether oxygens (including phenoxy) is 1. The van der Waals surface area contributed by atoms with Crippen molar-refractivity contribution in [1.29, 1.82) is 5.26 Å². The molecular weight excluding hydrogens is 423 g/mol. The minimum Gasteiger partial charge on any atom is -0.495 e. The first kappa shape index (κ1) is 22.0. The van der Waals surface area contributed by atoms with Crippen molar-refractivity contribution < 1.29 is 23.0 Å². The van der Waals surface area contributed by atoms with Crippen molar-refractivity contribution in [2.45, 2.75) is 50.6 Å². The number of hydrogen-bond acceptors (Lipinski definition) is 4. The molecule has 0 spiro atoms. The minimum absolute atomic E-state index is 0.0116. The van der Waals surface area contributed by atoms with Crippen molar-refractivity contribution >= 4 is 11.0 Å². The van der Waals surface area contributed by atoms with E-state index in [2.05, 4.69) is 0 Å². The molecule has 9 heteroatoms. The molecule has 3 aromatic rings. The van der Waals surface area contributed by atoms with Crippen LogP contribution in [-0.2, 0) is 12.7 Å². The van der Waals surface area contributed by atoms with Crippen LogP contribution in [0.25, 0.3) is 11.0 Å². The highest BCUT2D eigenvalue weighted by Gasteiger charge is 2.32. The Balaban J connectivity index is 1.86. The summed E-state index contributed by atoms with van der Waals surface area (Å²) in [6.45, 7) is 0.0116. The summed E-state index contributed by atoms with van der Waals surface area (Å²) in [5, 5.41) is 19.2. The van der Waals surface area contributed by atoms with Gasteiger partial charge in [-0.05, 0) is 61.6 Å². The molecule has 6 nitrogen and oxygen atoms in total. The zero-order valence-electron chi connectivity index (χ0n) is 17.4. The number of imidazole rings is 1. The van der Waals surface area contributed by atoms with Crippen LogP contribution in [0.1, 0.15) is 48.4 Å². The number of methoxy groups -OCH3 is 1. The second-order valence-electron chi connectivity index (χ2n) is 8.05. The van der Waals surface area contributed by atoms with E-state index in [1.165, 1.54) is 17.7 Å². The molecule has 1 N–H and O–H groups in total. The van der Waals surface area contributed by atoms with Crippen LogP contribution in [0.5, 0.6) is 5.75 Å². The third-order valence-electron chi connectivity index (χ3n) is 6.05. The molecule has 1 saturated carbocycles. The molecule has 1 aliphatic rings. The van der Waals surface area contributed by atoms with Crippen LogP contribution < -0.4 is 10.4 Å². The summed E-state index contributed by atoms with van der Waals surface area (Å²) in [4.78, 5) is 13.4. The van der Waals surface area contributed by atoms with Gasteiger partial charge in [0.05, 0.1) is 41.9 Å². The number of rotatable bonds is 4. The standard InChI is InChI=1S/C23H22F3N3O3/c1-32-21-9-2-14(10-15(21)12-27)13-28-20-11-16(23(24,25)26)3-8-19(20)29(22(28)31)17-4-6-18(30)7-5-17/h2-3,8-11,17-18,30H,4-7,13H2,1H3/t17-,18-. The first-order valence-electron chi connectivity index (χ1n) is 10.3. The second kappa shape index (κ2) is 8.36. The Kier molecular flexibility index (Phi) is 5.73. The Bertz CT molecular complexity index is 1250. The topological polar surface area (TPSA) is 80.2 Å². The highest BCUT2D eigenvalue weighted by Crippen LogP contribution is 2.34. The number of aliphatic hydroxyl groups is 1. The lowest BCUT2D eigenvalue weighted by Gasteiger charge is -2.26. The fraction of sp³-hybridized carbons (Fsp3) is 0.391. The van der Waals surface area contributed by atoms with E-state index in [0.717, 1.165) is 12.1 Å². The van der Waals surface area contributed by atoms with Crippen LogP contribution in [0, 0.1) is 11.3 Å². The van der Waals surface area contributed by atoms with Gasteiger partial charge in [0.25, 0.3) is 0 Å². The van der Waals surface area contributed by atoms with Crippen molar-refractivity contribution in [2.24, 2.45) is 0 Å². The van der Waals surface area contributed by atoms with Crippen molar-refractivity contribution in [3.05, 3.63) is 63.6 Å². The van der Waals surface area contributed by atoms with E-state index in [1.807, 2.05) is 6.07 Å². The molecule has 1 aromatic heterocycles. The predicted molar refractivity (Wildman–Crippen MR) is 112 cm³/mol. The van der Waals surface area contributed by atoms with Crippen LogP contribution in [0.4, 0.5) is 13.2 Å². The Hall–Kier alpha value is -3.25. The molecule has 1 heterocycles. The van der Waals surface area contributed by atoms with Gasteiger partial charge < -0.3 is 9.84 Å². The Labute approximate surface area is 182 Å². The van der Waals surface area contributed by atoms with Gasteiger partial charge in [0.1, 0.15) is 11.8 Å². The molecule has 2 aromatic carbocycles. The van der Waals surface area contributed by atoms with Gasteiger partial charge in [-0.3, -0.25) is 9.13 Å². The summed E-state index contributed by atoms with van der Waals surface area (Å²) >= 11 is 0. The number of fused-ring (bicyclic) bond motifs is 1. The van der Waals surface area contributed by atoms with E-state index in [-0.39, 0.29) is 23.7 Å². The van der Waals surface area contributed by atoms with E-state index in [0.29, 0.717) is 42.5 Å². The van der Waals surface area contributed by atoms with Gasteiger partial charge in [0.15, 0.2) is 0 Å². The monoisotopic (exact) mass is 445 g/mol. The van der Waals surface area contributed by atoms with Gasteiger partial charge in [-0.1, -0.05) is 6.07 Å². The molecule has 0 amide bonds. The van der Waals surface area contributed by atoms with Gasteiger partial charge in [-0.25, -0.2) is 4.79 Å². The molecule has 0 atom stereocenters. The maximum atomic E-state index is 13.4. The van der Waals surface area contributed by atoms with Crippen molar-refractivity contribution in [1.82, 2.24) is 9.13 Å². The first-order chi connectivity index (χ1) is 15.2. The second-order valence-corrected chi connectivity index (χ2v) is 8.05. The van der Waals surface area contributed by atoms with Gasteiger partial charge in [0.2, 0.25) is 0 Å². The molecule has 168 valence electrons. The summed E-state index contributed by atoms with van der Waals surface area (Å²) in [5.41, 5.74) is 0.250. The molecule has 0 bridgehead atoms. The number of halogens is 3. The number of benzene rings is 2. The third kappa shape index (κ3) is 3.98. The van der Waals surface area contributed by atoms with E-state index in [4.69, 9.17) is 4.74 Å². The highest BCUT2D eigenvalue weighted by molar-refractivity contribution is 5.77. The average molecular weight is 445 g/mol. The van der Waals surface area contributed by atoms with E-state index in [9.17, 15) is 28.3 Å². The summed E-state index contributed by atoms with van der Waals surface area (Å²) in [5.74, 6) is 0.381. The van der Waals surface area contributed by atoms with Crippen LogP contribution in [0.3, 0.4) is 0 Å². The van der Waals surface area contributed by atoms with Crippen LogP contribution in [-0.4, -0.2) is 27.5 Å². The van der Waals surface area contributed by atoms with Crippen LogP contribution >= 0.6 is 0 Å². The van der Waals surface area contributed by atoms with Gasteiger partial charge in [0, 0.05) is 6.04 Å². The average Bonchev–Trinajstić information content (AvgIpc) is 3.04. The van der Waals surface area contributed by atoms with Crippen molar-refractivity contribution in [3.8, 4) is 11.8 Å². The van der Waals surface area contributed by atoms with E-state index >= 15 is 0 Å². The predicted octanol–water partition coefficient (Wildman–Crippen LogP) is 4.23. The SMILES string of the molecule is COc1ccc(Cn2c(=O)n([C@H]3CC[C@H](O)CC3)c3ccc(C(F)(F)F)cc32)cc1C#N. The Morgan fingerprint density at radius 1 is 1.12 bits per heavy atom. The lowest BCUT2D eigenvalue weighted by Crippen LogP contribution is -2.31. The summed E-state index contributed by atoms with van der Waals surface area (Å²) in [6.07, 6.45) is -2.75. The van der Waals surface area contributed by atoms with Gasteiger partial charge in [-0.2, -0.15) is 18.4 Å². The Morgan fingerprint density at radius 2 is 1.84 bits per heavy atom. The lowest BCUT2D eigenvalue weighted by atomic mass is 9.93. The number of hydrogen-bond donors (Lipinski definition) is 1. The molecule has 4 rings (SSSR count). The number of nitriles is 1. The fourth-order valence-corrected chi connectivity index (χ4v) is 4.40. The Morgan fingerprint density at radius 3 is 2.47 bits per heavy atom. The van der Waals surface area contributed by atoms with E-state index < -0.39 is 23.5 Å². The number of nitrogens with zero attached hydrogens (tertiary/aromatic N) is 3. The maximum absolute atomic E-state index is 13.4. The summed E-state index contributed by atoms with van der Waals surface area (Å²) in [7, 11) is 1.44. The lowest BCUT2D eigenvalue weighted by molar-refractivity contribution is -0.137. The zero-order chi connectivity index (χ0) is 23.0. The quantitative estimate of drug-likeness (QED) is 0.652. The molecule has 0 radical (unpaired) electrons. The van der Waals surface area contributed by atoms with Gasteiger partial charge >= 0.3 is 11.9 Å². The smallest absolute Gasteiger partial charge is 0.416 e. The maximum Gasteiger partial charge on any atom is 0.416 e. The summed E-state index contributed by atoms with van der Waals surface area (Å²) < 4.78 is 48.2. The molecule has 32 heavy (non-hydrogen) atoms. The zero-order valence-corrected chi connectivity index (χ0v) is 17.4. The molecule has 1 aliphatic carbocycles. The first-order valence-corrected chi connectivity index (χ1v) is 10.3. The van der Waals surface area contributed by atoms with E-state index in [1.54, 1.807) is 22.8 Å².